The van der Waals surface area contributed by atoms with Crippen molar-refractivity contribution in [3.8, 4) is 11.8 Å². The molecule has 5 heteroatoms. The second-order valence-electron chi connectivity index (χ2n) is 8.28. The molecule has 2 fully saturated rings. The normalized spacial score (nSPS) is 17.5. The van der Waals surface area contributed by atoms with Gasteiger partial charge in [0.25, 0.3) is 5.91 Å². The number of carbonyl (C=O) groups is 2. The molecule has 2 aliphatic carbocycles. The first kappa shape index (κ1) is 20.7. The van der Waals surface area contributed by atoms with E-state index in [-0.39, 0.29) is 17.9 Å². The number of hydrogen-bond donors (Lipinski definition) is 1. The van der Waals surface area contributed by atoms with Crippen molar-refractivity contribution in [3.63, 3.8) is 0 Å². The minimum Gasteiger partial charge on any atom is -0.351 e. The fourth-order valence-electron chi connectivity index (χ4n) is 4.00. The van der Waals surface area contributed by atoms with Gasteiger partial charge < -0.3 is 10.2 Å². The van der Waals surface area contributed by atoms with E-state index in [0.29, 0.717) is 12.5 Å². The molecule has 156 valence electrons. The van der Waals surface area contributed by atoms with Crippen molar-refractivity contribution in [2.24, 2.45) is 5.92 Å². The van der Waals surface area contributed by atoms with Crippen LogP contribution in [0.5, 0.6) is 0 Å². The smallest absolute Gasteiger partial charge is 0.299 e. The van der Waals surface area contributed by atoms with Gasteiger partial charge in [0.1, 0.15) is 6.04 Å². The Morgan fingerprint density at radius 3 is 2.47 bits per heavy atom. The molecule has 0 aliphatic heterocycles. The Labute approximate surface area is 182 Å². The van der Waals surface area contributed by atoms with E-state index in [9.17, 15) is 9.59 Å². The molecule has 1 aromatic carbocycles. The SMILES string of the molecule is O=C(NC1CCCCC1)C(c1cccs1)N(CC1CC1)C(=O)C#Cc1ccccc1. The molecule has 0 spiro atoms. The lowest BCUT2D eigenvalue weighted by molar-refractivity contribution is -0.137. The molecule has 0 saturated heterocycles. The zero-order chi connectivity index (χ0) is 20.8. The Balaban J connectivity index is 1.58. The van der Waals surface area contributed by atoms with Crippen LogP contribution in [0.15, 0.2) is 47.8 Å². The van der Waals surface area contributed by atoms with Gasteiger partial charge in [-0.3, -0.25) is 9.59 Å². The van der Waals surface area contributed by atoms with Gasteiger partial charge in [-0.25, -0.2) is 0 Å². The van der Waals surface area contributed by atoms with Gasteiger partial charge in [-0.1, -0.05) is 49.4 Å². The molecule has 1 N–H and O–H groups in total. The van der Waals surface area contributed by atoms with Crippen LogP contribution in [0.3, 0.4) is 0 Å². The minimum atomic E-state index is -0.606. The molecular weight excluding hydrogens is 392 g/mol. The van der Waals surface area contributed by atoms with Crippen LogP contribution in [-0.4, -0.2) is 29.3 Å². The number of amides is 2. The van der Waals surface area contributed by atoms with E-state index in [0.717, 1.165) is 49.0 Å². The second kappa shape index (κ2) is 9.95. The summed E-state index contributed by atoms with van der Waals surface area (Å²) < 4.78 is 0. The van der Waals surface area contributed by atoms with Crippen LogP contribution in [0.4, 0.5) is 0 Å². The molecule has 30 heavy (non-hydrogen) atoms. The summed E-state index contributed by atoms with van der Waals surface area (Å²) in [5.74, 6) is 5.89. The molecular formula is C25H28N2O2S. The molecule has 1 atom stereocenters. The first-order chi connectivity index (χ1) is 14.7. The van der Waals surface area contributed by atoms with Crippen molar-refractivity contribution in [1.29, 1.82) is 0 Å². The first-order valence-corrected chi connectivity index (χ1v) is 11.8. The number of benzene rings is 1. The molecule has 0 radical (unpaired) electrons. The summed E-state index contributed by atoms with van der Waals surface area (Å²) >= 11 is 1.53. The van der Waals surface area contributed by atoms with E-state index >= 15 is 0 Å². The standard InChI is InChI=1S/C25H28N2O2S/c28-23(16-15-19-8-3-1-4-9-19)27(18-20-13-14-20)24(22-12-7-17-30-22)25(29)26-21-10-5-2-6-11-21/h1,3-4,7-9,12,17,20-21,24H,2,5-6,10-11,13-14,18H2,(H,26,29). The third-order valence-corrected chi connectivity index (χ3v) is 6.75. The maximum absolute atomic E-state index is 13.4. The third kappa shape index (κ3) is 5.52. The van der Waals surface area contributed by atoms with Gasteiger partial charge in [0.05, 0.1) is 0 Å². The predicted molar refractivity (Wildman–Crippen MR) is 120 cm³/mol. The van der Waals surface area contributed by atoms with Gasteiger partial charge >= 0.3 is 0 Å². The Morgan fingerprint density at radius 2 is 1.80 bits per heavy atom. The van der Waals surface area contributed by atoms with E-state index in [4.69, 9.17) is 0 Å². The van der Waals surface area contributed by atoms with Crippen LogP contribution in [0, 0.1) is 17.8 Å². The third-order valence-electron chi connectivity index (χ3n) is 5.82. The lowest BCUT2D eigenvalue weighted by Crippen LogP contribution is -2.47. The lowest BCUT2D eigenvalue weighted by Gasteiger charge is -2.31. The maximum Gasteiger partial charge on any atom is 0.299 e. The number of hydrogen-bond acceptors (Lipinski definition) is 3. The van der Waals surface area contributed by atoms with Gasteiger partial charge in [0, 0.05) is 28.9 Å². The largest absolute Gasteiger partial charge is 0.351 e. The highest BCUT2D eigenvalue weighted by Crippen LogP contribution is 2.34. The van der Waals surface area contributed by atoms with Gasteiger partial charge in [0.15, 0.2) is 0 Å². The van der Waals surface area contributed by atoms with Crippen molar-refractivity contribution in [3.05, 3.63) is 58.3 Å². The molecule has 1 aromatic heterocycles. The summed E-state index contributed by atoms with van der Waals surface area (Å²) in [6.45, 7) is 0.586. The summed E-state index contributed by atoms with van der Waals surface area (Å²) in [7, 11) is 0. The van der Waals surface area contributed by atoms with Crippen LogP contribution < -0.4 is 5.32 Å². The number of thiophene rings is 1. The zero-order valence-corrected chi connectivity index (χ0v) is 18.0. The van der Waals surface area contributed by atoms with E-state index < -0.39 is 6.04 Å². The molecule has 4 nitrogen and oxygen atoms in total. The Morgan fingerprint density at radius 1 is 1.03 bits per heavy atom. The van der Waals surface area contributed by atoms with Gasteiger partial charge in [-0.2, -0.15) is 0 Å². The van der Waals surface area contributed by atoms with Crippen molar-refractivity contribution in [2.45, 2.75) is 57.0 Å². The van der Waals surface area contributed by atoms with Crippen molar-refractivity contribution < 1.29 is 9.59 Å². The average molecular weight is 421 g/mol. The van der Waals surface area contributed by atoms with Crippen LogP contribution in [0.2, 0.25) is 0 Å². The Bertz CT molecular complexity index is 904. The zero-order valence-electron chi connectivity index (χ0n) is 17.2. The molecule has 2 saturated carbocycles. The molecule has 2 aromatic rings. The van der Waals surface area contributed by atoms with Crippen LogP contribution in [0.1, 0.15) is 61.4 Å². The second-order valence-corrected chi connectivity index (χ2v) is 9.26. The summed E-state index contributed by atoms with van der Waals surface area (Å²) in [4.78, 5) is 29.2. The molecule has 4 rings (SSSR count). The molecule has 1 unspecified atom stereocenters. The minimum absolute atomic E-state index is 0.0696. The summed E-state index contributed by atoms with van der Waals surface area (Å²) in [6.07, 6.45) is 7.81. The monoisotopic (exact) mass is 420 g/mol. The number of nitrogens with one attached hydrogen (secondary N) is 1. The van der Waals surface area contributed by atoms with E-state index in [2.05, 4.69) is 17.2 Å². The molecule has 2 aliphatic rings. The van der Waals surface area contributed by atoms with Crippen LogP contribution >= 0.6 is 11.3 Å². The van der Waals surface area contributed by atoms with E-state index in [1.165, 1.54) is 17.8 Å². The summed E-state index contributed by atoms with van der Waals surface area (Å²) in [6, 6.07) is 13.0. The number of nitrogens with zero attached hydrogens (tertiary/aromatic N) is 1. The molecule has 1 heterocycles. The Kier molecular flexibility index (Phi) is 6.86. The summed E-state index contributed by atoms with van der Waals surface area (Å²) in [5.41, 5.74) is 0.802. The highest BCUT2D eigenvalue weighted by atomic mass is 32.1. The fraction of sp³-hybridized carbons (Fsp3) is 0.440. The predicted octanol–water partition coefficient (Wildman–Crippen LogP) is 4.53. The first-order valence-electron chi connectivity index (χ1n) is 10.9. The average Bonchev–Trinajstić information content (AvgIpc) is 3.44. The molecule has 2 amide bonds. The van der Waals surface area contributed by atoms with Gasteiger partial charge in [-0.15, -0.1) is 11.3 Å². The van der Waals surface area contributed by atoms with Crippen molar-refractivity contribution in [2.75, 3.05) is 6.54 Å². The van der Waals surface area contributed by atoms with Crippen LogP contribution in [0.25, 0.3) is 0 Å². The van der Waals surface area contributed by atoms with Gasteiger partial charge in [-0.05, 0) is 55.2 Å². The topological polar surface area (TPSA) is 49.4 Å². The highest BCUT2D eigenvalue weighted by Gasteiger charge is 2.36. The highest BCUT2D eigenvalue weighted by molar-refractivity contribution is 7.10. The summed E-state index contributed by atoms with van der Waals surface area (Å²) in [5, 5.41) is 5.20. The van der Waals surface area contributed by atoms with Crippen molar-refractivity contribution >= 4 is 23.2 Å². The van der Waals surface area contributed by atoms with Crippen molar-refractivity contribution in [1.82, 2.24) is 10.2 Å². The number of rotatable bonds is 6. The quantitative estimate of drug-likeness (QED) is 0.698. The lowest BCUT2D eigenvalue weighted by atomic mass is 9.95. The molecule has 0 bridgehead atoms. The van der Waals surface area contributed by atoms with Gasteiger partial charge in [0.2, 0.25) is 5.91 Å². The maximum atomic E-state index is 13.4. The fourth-order valence-corrected chi connectivity index (χ4v) is 4.84. The van der Waals surface area contributed by atoms with E-state index in [1.807, 2.05) is 47.8 Å². The number of carbonyl (C=O) groups excluding carboxylic acids is 2. The van der Waals surface area contributed by atoms with E-state index in [1.54, 1.807) is 4.90 Å². The van der Waals surface area contributed by atoms with Crippen LogP contribution in [-0.2, 0) is 9.59 Å². The Hall–Kier alpha value is -2.58.